The monoisotopic (exact) mass is 348 g/mol. The van der Waals surface area contributed by atoms with Gasteiger partial charge < -0.3 is 5.32 Å². The Hall–Kier alpha value is -2.03. The highest BCUT2D eigenvalue weighted by molar-refractivity contribution is 7.91. The molecule has 23 heavy (non-hydrogen) atoms. The molecule has 0 spiro atoms. The van der Waals surface area contributed by atoms with Crippen LogP contribution in [-0.4, -0.2) is 31.5 Å². The number of thiophene rings is 1. The Morgan fingerprint density at radius 3 is 2.78 bits per heavy atom. The molecule has 0 aliphatic carbocycles. The average Bonchev–Trinajstić information content (AvgIpc) is 3.07. The zero-order valence-electron chi connectivity index (χ0n) is 12.5. The lowest BCUT2D eigenvalue weighted by Gasteiger charge is -2.10. The summed E-state index contributed by atoms with van der Waals surface area (Å²) in [5, 5.41) is 5.87. The first kappa shape index (κ1) is 15.9. The molecular weight excluding hydrogens is 332 g/mol. The summed E-state index contributed by atoms with van der Waals surface area (Å²) in [6.45, 7) is 2.71. The van der Waals surface area contributed by atoms with Crippen LogP contribution in [0.4, 0.5) is 5.82 Å². The summed E-state index contributed by atoms with van der Waals surface area (Å²) in [6.07, 6.45) is 1.50. The molecular formula is C15H16N4O2S2. The number of hydrogen-bond donors (Lipinski definition) is 2. The maximum Gasteiger partial charge on any atom is 0.250 e. The molecule has 0 radical (unpaired) electrons. The molecule has 8 heteroatoms. The lowest BCUT2D eigenvalue weighted by Crippen LogP contribution is -2.28. The van der Waals surface area contributed by atoms with E-state index in [1.807, 2.05) is 25.1 Å². The van der Waals surface area contributed by atoms with E-state index in [2.05, 4.69) is 20.0 Å². The number of aromatic nitrogens is 2. The van der Waals surface area contributed by atoms with Crippen LogP contribution in [0.5, 0.6) is 0 Å². The van der Waals surface area contributed by atoms with Gasteiger partial charge in [-0.2, -0.15) is 0 Å². The highest BCUT2D eigenvalue weighted by atomic mass is 32.2. The van der Waals surface area contributed by atoms with E-state index in [-0.39, 0.29) is 6.54 Å². The topological polar surface area (TPSA) is 84.0 Å². The van der Waals surface area contributed by atoms with Gasteiger partial charge in [0, 0.05) is 18.5 Å². The largest absolute Gasteiger partial charge is 0.368 e. The van der Waals surface area contributed by atoms with Gasteiger partial charge in [-0.15, -0.1) is 11.3 Å². The number of fused-ring (bicyclic) bond motifs is 1. The zero-order chi connectivity index (χ0) is 16.3. The van der Waals surface area contributed by atoms with Gasteiger partial charge in [-0.05, 0) is 30.0 Å². The molecule has 2 aromatic heterocycles. The second-order valence-electron chi connectivity index (χ2n) is 4.95. The van der Waals surface area contributed by atoms with E-state index in [0.29, 0.717) is 16.6 Å². The fraction of sp³-hybridized carbons (Fsp3) is 0.200. The van der Waals surface area contributed by atoms with Gasteiger partial charge in [0.15, 0.2) is 0 Å². The van der Waals surface area contributed by atoms with E-state index in [1.165, 1.54) is 17.7 Å². The van der Waals surface area contributed by atoms with Gasteiger partial charge in [0.1, 0.15) is 16.4 Å². The molecule has 0 amide bonds. The molecule has 120 valence electrons. The SMILES string of the molecule is Cc1cccc2ncnc(NCCNS(=O)(=O)c3cccs3)c12. The van der Waals surface area contributed by atoms with Crippen molar-refractivity contribution in [1.82, 2.24) is 14.7 Å². The highest BCUT2D eigenvalue weighted by Crippen LogP contribution is 2.22. The number of nitrogens with zero attached hydrogens (tertiary/aromatic N) is 2. The van der Waals surface area contributed by atoms with Crippen molar-refractivity contribution >= 4 is 38.1 Å². The van der Waals surface area contributed by atoms with Crippen molar-refractivity contribution in [3.63, 3.8) is 0 Å². The standard InChI is InChI=1S/C15H16N4O2S2/c1-11-4-2-5-12-14(11)15(18-10-17-12)16-7-8-19-23(20,21)13-6-3-9-22-13/h2-6,9-10,19H,7-8H2,1H3,(H,16,17,18). The number of rotatable bonds is 6. The van der Waals surface area contributed by atoms with E-state index in [4.69, 9.17) is 0 Å². The molecule has 3 rings (SSSR count). The van der Waals surface area contributed by atoms with Crippen LogP contribution < -0.4 is 10.0 Å². The summed E-state index contributed by atoms with van der Waals surface area (Å²) < 4.78 is 26.9. The maximum absolute atomic E-state index is 12.0. The molecule has 0 aliphatic heterocycles. The Balaban J connectivity index is 1.66. The van der Waals surface area contributed by atoms with Gasteiger partial charge in [-0.25, -0.2) is 23.1 Å². The van der Waals surface area contributed by atoms with Crippen LogP contribution >= 0.6 is 11.3 Å². The second kappa shape index (κ2) is 6.61. The Labute approximate surface area is 138 Å². The summed E-state index contributed by atoms with van der Waals surface area (Å²) in [5.41, 5.74) is 1.94. The summed E-state index contributed by atoms with van der Waals surface area (Å²) in [5.74, 6) is 0.712. The fourth-order valence-electron chi connectivity index (χ4n) is 2.27. The number of aryl methyl sites for hydroxylation is 1. The van der Waals surface area contributed by atoms with Gasteiger partial charge in [-0.3, -0.25) is 0 Å². The lowest BCUT2D eigenvalue weighted by atomic mass is 10.1. The van der Waals surface area contributed by atoms with Crippen molar-refractivity contribution in [3.05, 3.63) is 47.6 Å². The first-order valence-corrected chi connectivity index (χ1v) is 9.41. The molecule has 2 N–H and O–H groups in total. The summed E-state index contributed by atoms with van der Waals surface area (Å²) in [4.78, 5) is 8.50. The molecule has 0 atom stereocenters. The number of sulfonamides is 1. The van der Waals surface area contributed by atoms with Gasteiger partial charge in [0.25, 0.3) is 0 Å². The molecule has 0 bridgehead atoms. The number of benzene rings is 1. The molecule has 0 saturated carbocycles. The molecule has 3 aromatic rings. The quantitative estimate of drug-likeness (QED) is 0.668. The molecule has 0 unspecified atom stereocenters. The minimum absolute atomic E-state index is 0.275. The van der Waals surface area contributed by atoms with Crippen LogP contribution in [0.1, 0.15) is 5.56 Å². The van der Waals surface area contributed by atoms with Crippen molar-refractivity contribution < 1.29 is 8.42 Å². The van der Waals surface area contributed by atoms with Crippen molar-refractivity contribution in [2.24, 2.45) is 0 Å². The van der Waals surface area contributed by atoms with Gasteiger partial charge in [-0.1, -0.05) is 18.2 Å². The van der Waals surface area contributed by atoms with E-state index >= 15 is 0 Å². The zero-order valence-corrected chi connectivity index (χ0v) is 14.1. The van der Waals surface area contributed by atoms with Crippen molar-refractivity contribution in [2.45, 2.75) is 11.1 Å². The van der Waals surface area contributed by atoms with E-state index in [0.717, 1.165) is 16.5 Å². The molecule has 0 fully saturated rings. The van der Waals surface area contributed by atoms with Crippen LogP contribution in [0.3, 0.4) is 0 Å². The Bertz CT molecular complexity index is 903. The highest BCUT2D eigenvalue weighted by Gasteiger charge is 2.14. The lowest BCUT2D eigenvalue weighted by molar-refractivity contribution is 0.585. The van der Waals surface area contributed by atoms with Crippen LogP contribution in [0, 0.1) is 6.92 Å². The number of nitrogens with one attached hydrogen (secondary N) is 2. The molecule has 2 heterocycles. The van der Waals surface area contributed by atoms with Crippen molar-refractivity contribution in [3.8, 4) is 0 Å². The van der Waals surface area contributed by atoms with Crippen LogP contribution in [0.15, 0.2) is 46.2 Å². The van der Waals surface area contributed by atoms with Crippen LogP contribution in [-0.2, 0) is 10.0 Å². The Morgan fingerprint density at radius 2 is 2.00 bits per heavy atom. The predicted molar refractivity (Wildman–Crippen MR) is 92.3 cm³/mol. The molecule has 6 nitrogen and oxygen atoms in total. The molecule has 0 saturated heterocycles. The van der Waals surface area contributed by atoms with E-state index < -0.39 is 10.0 Å². The summed E-state index contributed by atoms with van der Waals surface area (Å²) in [6, 6.07) is 9.17. The smallest absolute Gasteiger partial charge is 0.250 e. The first-order chi connectivity index (χ1) is 11.1. The Morgan fingerprint density at radius 1 is 1.13 bits per heavy atom. The molecule has 0 aliphatic rings. The second-order valence-corrected chi connectivity index (χ2v) is 7.89. The van der Waals surface area contributed by atoms with Gasteiger partial charge in [0.2, 0.25) is 10.0 Å². The third kappa shape index (κ3) is 3.49. The minimum atomic E-state index is -3.43. The molecule has 1 aromatic carbocycles. The normalized spacial score (nSPS) is 11.7. The summed E-state index contributed by atoms with van der Waals surface area (Å²) in [7, 11) is -3.43. The fourth-order valence-corrected chi connectivity index (χ4v) is 4.34. The van der Waals surface area contributed by atoms with E-state index in [9.17, 15) is 8.42 Å². The minimum Gasteiger partial charge on any atom is -0.368 e. The third-order valence-corrected chi connectivity index (χ3v) is 6.20. The van der Waals surface area contributed by atoms with Crippen molar-refractivity contribution in [2.75, 3.05) is 18.4 Å². The average molecular weight is 348 g/mol. The van der Waals surface area contributed by atoms with Gasteiger partial charge >= 0.3 is 0 Å². The van der Waals surface area contributed by atoms with E-state index in [1.54, 1.807) is 17.5 Å². The van der Waals surface area contributed by atoms with Crippen LogP contribution in [0.2, 0.25) is 0 Å². The third-order valence-electron chi connectivity index (χ3n) is 3.34. The predicted octanol–water partition coefficient (Wildman–Crippen LogP) is 2.39. The Kier molecular flexibility index (Phi) is 4.56. The first-order valence-electron chi connectivity index (χ1n) is 7.05. The number of anilines is 1. The maximum atomic E-state index is 12.0. The number of hydrogen-bond acceptors (Lipinski definition) is 6. The summed E-state index contributed by atoms with van der Waals surface area (Å²) >= 11 is 1.20. The van der Waals surface area contributed by atoms with Crippen LogP contribution in [0.25, 0.3) is 10.9 Å². The van der Waals surface area contributed by atoms with Crippen molar-refractivity contribution in [1.29, 1.82) is 0 Å². The van der Waals surface area contributed by atoms with Gasteiger partial charge in [0.05, 0.1) is 5.52 Å².